The van der Waals surface area contributed by atoms with Crippen LogP contribution in [0.2, 0.25) is 0 Å². The molecule has 0 saturated carbocycles. The van der Waals surface area contributed by atoms with Crippen LogP contribution in [-0.2, 0) is 19.1 Å². The fourth-order valence-electron chi connectivity index (χ4n) is 3.53. The first-order chi connectivity index (χ1) is 9.04. The summed E-state index contributed by atoms with van der Waals surface area (Å²) >= 11 is 0. The molecule has 19 heavy (non-hydrogen) atoms. The lowest BCUT2D eigenvalue weighted by molar-refractivity contribution is -0.151. The molecule has 2 saturated heterocycles. The van der Waals surface area contributed by atoms with E-state index in [-0.39, 0.29) is 24.0 Å². The number of esters is 1. The van der Waals surface area contributed by atoms with Crippen molar-refractivity contribution in [2.45, 2.75) is 38.0 Å². The lowest BCUT2D eigenvalue weighted by atomic mass is 9.77. The number of carbonyl (C=O) groups excluding carboxylic acids is 2. The van der Waals surface area contributed by atoms with Gasteiger partial charge >= 0.3 is 5.97 Å². The van der Waals surface area contributed by atoms with Gasteiger partial charge in [-0.15, -0.1) is 0 Å². The van der Waals surface area contributed by atoms with Crippen LogP contribution in [0.1, 0.15) is 20.3 Å². The summed E-state index contributed by atoms with van der Waals surface area (Å²) in [5.74, 6) is -1.22. The number of likely N-dealkylation sites (tertiary alicyclic amines) is 1. The van der Waals surface area contributed by atoms with Crippen LogP contribution in [0.3, 0.4) is 0 Å². The third kappa shape index (κ3) is 1.51. The molecule has 5 atom stereocenters. The Labute approximate surface area is 112 Å². The van der Waals surface area contributed by atoms with E-state index in [1.165, 1.54) is 7.11 Å². The molecule has 3 aliphatic rings. The predicted octanol–water partition coefficient (Wildman–Crippen LogP) is 0.740. The summed E-state index contributed by atoms with van der Waals surface area (Å²) in [4.78, 5) is 26.4. The van der Waals surface area contributed by atoms with Crippen LogP contribution in [0.4, 0.5) is 0 Å². The van der Waals surface area contributed by atoms with Gasteiger partial charge in [0.05, 0.1) is 25.7 Å². The second-order valence-corrected chi connectivity index (χ2v) is 5.65. The number of hydrogen-bond acceptors (Lipinski definition) is 4. The Morgan fingerprint density at radius 1 is 1.68 bits per heavy atom. The molecule has 0 aromatic heterocycles. The van der Waals surface area contributed by atoms with E-state index < -0.39 is 17.4 Å². The molecule has 3 heterocycles. The number of carbonyl (C=O) groups is 2. The highest BCUT2D eigenvalue weighted by atomic mass is 16.5. The average Bonchev–Trinajstić information content (AvgIpc) is 3.05. The molecule has 0 aromatic carbocycles. The number of rotatable bonds is 3. The lowest BCUT2D eigenvalue weighted by Crippen LogP contribution is -2.40. The van der Waals surface area contributed by atoms with Gasteiger partial charge < -0.3 is 14.4 Å². The fraction of sp³-hybridized carbons (Fsp3) is 0.714. The Kier molecular flexibility index (Phi) is 2.71. The van der Waals surface area contributed by atoms with Crippen LogP contribution in [-0.4, -0.2) is 48.2 Å². The summed E-state index contributed by atoms with van der Waals surface area (Å²) in [6.45, 7) is 4.63. The molecule has 0 aromatic rings. The van der Waals surface area contributed by atoms with Crippen molar-refractivity contribution in [3.63, 3.8) is 0 Å². The molecule has 0 radical (unpaired) electrons. The molecule has 1 amide bonds. The standard InChI is InChI=1S/C14H19NO4/c1-4-8(2)15-7-14-6-5-9(19-14)10(13(17)18-3)11(14)12(15)16/h5-6,8-11H,4,7H2,1-3H3/t8-,9-,10+,11-,14+/m0/s1. The van der Waals surface area contributed by atoms with Crippen LogP contribution in [0, 0.1) is 11.8 Å². The molecule has 2 bridgehead atoms. The lowest BCUT2D eigenvalue weighted by Gasteiger charge is -2.26. The maximum atomic E-state index is 12.6. The SMILES string of the molecule is CC[C@H](C)N1C[C@@]23C=C[C@H](O2)[C@@H](C(=O)OC)[C@H]3C1=O. The van der Waals surface area contributed by atoms with Crippen LogP contribution < -0.4 is 0 Å². The molecule has 0 unspecified atom stereocenters. The summed E-state index contributed by atoms with van der Waals surface area (Å²) in [6, 6.07) is 0.168. The minimum absolute atomic E-state index is 0.0246. The Morgan fingerprint density at radius 2 is 2.42 bits per heavy atom. The van der Waals surface area contributed by atoms with E-state index in [9.17, 15) is 9.59 Å². The second-order valence-electron chi connectivity index (χ2n) is 5.65. The van der Waals surface area contributed by atoms with Gasteiger partial charge in [0, 0.05) is 6.04 Å². The quantitative estimate of drug-likeness (QED) is 0.558. The minimum atomic E-state index is -0.607. The van der Waals surface area contributed by atoms with Gasteiger partial charge in [-0.25, -0.2) is 0 Å². The zero-order chi connectivity index (χ0) is 13.8. The van der Waals surface area contributed by atoms with Gasteiger partial charge in [0.2, 0.25) is 5.91 Å². The Bertz CT molecular complexity index is 460. The molecule has 3 aliphatic heterocycles. The van der Waals surface area contributed by atoms with Crippen molar-refractivity contribution in [1.82, 2.24) is 4.90 Å². The van der Waals surface area contributed by atoms with E-state index in [1.54, 1.807) is 0 Å². The highest BCUT2D eigenvalue weighted by Gasteiger charge is 2.67. The Morgan fingerprint density at radius 3 is 3.05 bits per heavy atom. The first-order valence-corrected chi connectivity index (χ1v) is 6.79. The Balaban J connectivity index is 1.95. The van der Waals surface area contributed by atoms with Gasteiger partial charge in [-0.3, -0.25) is 9.59 Å². The second kappa shape index (κ2) is 4.07. The van der Waals surface area contributed by atoms with E-state index in [0.717, 1.165) is 6.42 Å². The minimum Gasteiger partial charge on any atom is -0.469 e. The Hall–Kier alpha value is -1.36. The number of amides is 1. The summed E-state index contributed by atoms with van der Waals surface area (Å²) < 4.78 is 10.8. The smallest absolute Gasteiger partial charge is 0.312 e. The third-order valence-corrected chi connectivity index (χ3v) is 4.73. The molecular formula is C14H19NO4. The van der Waals surface area contributed by atoms with Crippen molar-refractivity contribution < 1.29 is 19.1 Å². The van der Waals surface area contributed by atoms with Crippen molar-refractivity contribution in [2.75, 3.05) is 13.7 Å². The van der Waals surface area contributed by atoms with E-state index in [4.69, 9.17) is 9.47 Å². The number of fused-ring (bicyclic) bond motifs is 1. The summed E-state index contributed by atoms with van der Waals surface area (Å²) in [5.41, 5.74) is -0.607. The van der Waals surface area contributed by atoms with Crippen molar-refractivity contribution in [3.8, 4) is 0 Å². The van der Waals surface area contributed by atoms with Crippen molar-refractivity contribution >= 4 is 11.9 Å². The normalized spacial score (nSPS) is 40.7. The zero-order valence-corrected chi connectivity index (χ0v) is 11.5. The summed E-state index contributed by atoms with van der Waals surface area (Å²) in [5, 5.41) is 0. The molecule has 104 valence electrons. The van der Waals surface area contributed by atoms with Crippen molar-refractivity contribution in [1.29, 1.82) is 0 Å². The maximum Gasteiger partial charge on any atom is 0.312 e. The van der Waals surface area contributed by atoms with Crippen molar-refractivity contribution in [3.05, 3.63) is 12.2 Å². The van der Waals surface area contributed by atoms with E-state index >= 15 is 0 Å². The molecule has 2 fully saturated rings. The molecule has 0 aliphatic carbocycles. The van der Waals surface area contributed by atoms with Crippen LogP contribution >= 0.6 is 0 Å². The van der Waals surface area contributed by atoms with Gasteiger partial charge in [0.25, 0.3) is 0 Å². The molecule has 5 heteroatoms. The van der Waals surface area contributed by atoms with Gasteiger partial charge in [0.1, 0.15) is 11.5 Å². The topological polar surface area (TPSA) is 55.8 Å². The molecular weight excluding hydrogens is 246 g/mol. The molecule has 3 rings (SSSR count). The van der Waals surface area contributed by atoms with Crippen LogP contribution in [0.25, 0.3) is 0 Å². The van der Waals surface area contributed by atoms with Crippen LogP contribution in [0.15, 0.2) is 12.2 Å². The van der Waals surface area contributed by atoms with E-state index in [1.807, 2.05) is 24.0 Å². The number of ether oxygens (including phenoxy) is 2. The monoisotopic (exact) mass is 265 g/mol. The predicted molar refractivity (Wildman–Crippen MR) is 67.2 cm³/mol. The van der Waals surface area contributed by atoms with E-state index in [2.05, 4.69) is 6.92 Å². The van der Waals surface area contributed by atoms with E-state index in [0.29, 0.717) is 6.54 Å². The maximum absolute atomic E-state index is 12.6. The van der Waals surface area contributed by atoms with Gasteiger partial charge in [-0.1, -0.05) is 19.1 Å². The first-order valence-electron chi connectivity index (χ1n) is 6.79. The molecule has 5 nitrogen and oxygen atoms in total. The number of nitrogens with zero attached hydrogens (tertiary/aromatic N) is 1. The highest BCUT2D eigenvalue weighted by Crippen LogP contribution is 2.52. The number of methoxy groups -OCH3 is 1. The van der Waals surface area contributed by atoms with Gasteiger partial charge in [0.15, 0.2) is 0 Å². The highest BCUT2D eigenvalue weighted by molar-refractivity contribution is 5.91. The number of hydrogen-bond donors (Lipinski definition) is 0. The summed E-state index contributed by atoms with van der Waals surface area (Å²) in [6.07, 6.45) is 4.44. The largest absolute Gasteiger partial charge is 0.469 e. The van der Waals surface area contributed by atoms with Crippen LogP contribution in [0.5, 0.6) is 0 Å². The van der Waals surface area contributed by atoms with Gasteiger partial charge in [-0.05, 0) is 13.3 Å². The summed E-state index contributed by atoms with van der Waals surface area (Å²) in [7, 11) is 1.36. The first kappa shape index (κ1) is 12.7. The molecule has 1 spiro atoms. The zero-order valence-electron chi connectivity index (χ0n) is 11.5. The molecule has 0 N–H and O–H groups in total. The van der Waals surface area contributed by atoms with Gasteiger partial charge in [-0.2, -0.15) is 0 Å². The van der Waals surface area contributed by atoms with Crippen molar-refractivity contribution in [2.24, 2.45) is 11.8 Å². The fourth-order valence-corrected chi connectivity index (χ4v) is 3.53. The third-order valence-electron chi connectivity index (χ3n) is 4.73. The average molecular weight is 265 g/mol.